The molecule has 0 aromatic carbocycles. The molecular weight excluding hydrogens is 225 g/mol. The van der Waals surface area contributed by atoms with Gasteiger partial charge in [0.25, 0.3) is 0 Å². The number of aromatic nitrogens is 3. The standard InChI is InChI=1S/C11H14FN3O2/c1-6-3-7(12)10-13-9(14-15(6)10)8(16)11(2)4-17-5-11/h6-7H,3-5H2,1-2H3/t6-,7+/m0/s1. The molecule has 17 heavy (non-hydrogen) atoms. The van der Waals surface area contributed by atoms with Gasteiger partial charge in [0.2, 0.25) is 11.6 Å². The Hall–Kier alpha value is -1.30. The summed E-state index contributed by atoms with van der Waals surface area (Å²) in [6.07, 6.45) is -0.714. The second kappa shape index (κ2) is 3.35. The van der Waals surface area contributed by atoms with Crippen molar-refractivity contribution in [3.63, 3.8) is 0 Å². The van der Waals surface area contributed by atoms with E-state index in [2.05, 4.69) is 10.1 Å². The van der Waals surface area contributed by atoms with E-state index >= 15 is 0 Å². The quantitative estimate of drug-likeness (QED) is 0.733. The van der Waals surface area contributed by atoms with Crippen LogP contribution < -0.4 is 0 Å². The van der Waals surface area contributed by atoms with Crippen molar-refractivity contribution in [2.24, 2.45) is 5.41 Å². The van der Waals surface area contributed by atoms with Crippen molar-refractivity contribution in [1.29, 1.82) is 0 Å². The number of nitrogens with zero attached hydrogens (tertiary/aromatic N) is 3. The van der Waals surface area contributed by atoms with Crippen molar-refractivity contribution >= 4 is 5.78 Å². The molecule has 2 aliphatic rings. The fourth-order valence-corrected chi connectivity index (χ4v) is 2.28. The smallest absolute Gasteiger partial charge is 0.218 e. The molecule has 2 atom stereocenters. The zero-order valence-corrected chi connectivity index (χ0v) is 9.81. The molecule has 0 aliphatic carbocycles. The maximum Gasteiger partial charge on any atom is 0.218 e. The van der Waals surface area contributed by atoms with Crippen LogP contribution in [0.5, 0.6) is 0 Å². The van der Waals surface area contributed by atoms with Gasteiger partial charge in [-0.15, -0.1) is 5.10 Å². The Morgan fingerprint density at radius 1 is 1.59 bits per heavy atom. The van der Waals surface area contributed by atoms with E-state index in [1.54, 1.807) is 0 Å². The van der Waals surface area contributed by atoms with Gasteiger partial charge >= 0.3 is 0 Å². The molecule has 92 valence electrons. The van der Waals surface area contributed by atoms with E-state index < -0.39 is 11.6 Å². The van der Waals surface area contributed by atoms with Crippen molar-refractivity contribution < 1.29 is 13.9 Å². The zero-order chi connectivity index (χ0) is 12.2. The molecule has 2 aliphatic heterocycles. The molecular formula is C11H14FN3O2. The highest BCUT2D eigenvalue weighted by atomic mass is 19.1. The van der Waals surface area contributed by atoms with Crippen LogP contribution in [0.3, 0.4) is 0 Å². The summed E-state index contributed by atoms with van der Waals surface area (Å²) in [5, 5.41) is 4.13. The maximum atomic E-state index is 13.6. The Morgan fingerprint density at radius 3 is 2.82 bits per heavy atom. The van der Waals surface area contributed by atoms with Gasteiger partial charge < -0.3 is 4.74 Å². The minimum absolute atomic E-state index is 0.0282. The molecule has 3 heterocycles. The van der Waals surface area contributed by atoms with Gasteiger partial charge in [0.1, 0.15) is 0 Å². The molecule has 0 unspecified atom stereocenters. The molecule has 1 aromatic rings. The Morgan fingerprint density at radius 2 is 2.29 bits per heavy atom. The van der Waals surface area contributed by atoms with Gasteiger partial charge in [0.05, 0.1) is 24.7 Å². The fraction of sp³-hybridized carbons (Fsp3) is 0.727. The predicted octanol–water partition coefficient (Wildman–Crippen LogP) is 1.47. The zero-order valence-electron chi connectivity index (χ0n) is 9.81. The number of carbonyl (C=O) groups is 1. The third-order valence-corrected chi connectivity index (χ3v) is 3.50. The molecule has 3 rings (SSSR count). The topological polar surface area (TPSA) is 57.0 Å². The van der Waals surface area contributed by atoms with Crippen LogP contribution in [0.15, 0.2) is 0 Å². The molecule has 6 heteroatoms. The van der Waals surface area contributed by atoms with Gasteiger partial charge in [-0.25, -0.2) is 14.1 Å². The average Bonchev–Trinajstić information content (AvgIpc) is 2.78. The fourth-order valence-electron chi connectivity index (χ4n) is 2.28. The Kier molecular flexibility index (Phi) is 2.13. The summed E-state index contributed by atoms with van der Waals surface area (Å²) in [5.41, 5.74) is -0.530. The molecule has 0 spiro atoms. The highest BCUT2D eigenvalue weighted by Crippen LogP contribution is 2.36. The molecule has 0 N–H and O–H groups in total. The lowest BCUT2D eigenvalue weighted by molar-refractivity contribution is -0.0772. The summed E-state index contributed by atoms with van der Waals surface area (Å²) in [7, 11) is 0. The molecule has 0 amide bonds. The number of fused-ring (bicyclic) bond motifs is 1. The highest BCUT2D eigenvalue weighted by molar-refractivity contribution is 5.97. The number of ether oxygens (including phenoxy) is 1. The van der Waals surface area contributed by atoms with Gasteiger partial charge in [0.15, 0.2) is 12.0 Å². The first-order chi connectivity index (χ1) is 8.01. The number of alkyl halides is 1. The van der Waals surface area contributed by atoms with Gasteiger partial charge in [-0.05, 0) is 13.8 Å². The lowest BCUT2D eigenvalue weighted by Gasteiger charge is -2.35. The molecule has 0 saturated carbocycles. The van der Waals surface area contributed by atoms with E-state index in [4.69, 9.17) is 4.74 Å². The monoisotopic (exact) mass is 239 g/mol. The van der Waals surface area contributed by atoms with Crippen LogP contribution in [0.25, 0.3) is 0 Å². The molecule has 0 bridgehead atoms. The van der Waals surface area contributed by atoms with Crippen molar-refractivity contribution in [2.75, 3.05) is 13.2 Å². The first-order valence-corrected chi connectivity index (χ1v) is 5.74. The summed E-state index contributed by atoms with van der Waals surface area (Å²) in [6.45, 7) is 4.48. The largest absolute Gasteiger partial charge is 0.379 e. The second-order valence-electron chi connectivity index (χ2n) is 5.17. The number of hydrogen-bond donors (Lipinski definition) is 0. The molecule has 1 fully saturated rings. The SMILES string of the molecule is C[C@H]1C[C@@H](F)c2nc(C(=O)C3(C)COC3)nn21. The third kappa shape index (κ3) is 1.43. The Bertz CT molecular complexity index is 456. The first-order valence-electron chi connectivity index (χ1n) is 5.74. The summed E-state index contributed by atoms with van der Waals surface area (Å²) in [6, 6.07) is -0.0282. The number of rotatable bonds is 2. The number of Topliss-reactive ketones (excluding diaryl/α,β-unsaturated/α-hetero) is 1. The molecule has 5 nitrogen and oxygen atoms in total. The van der Waals surface area contributed by atoms with Gasteiger partial charge in [-0.2, -0.15) is 0 Å². The normalized spacial score (nSPS) is 29.8. The first kappa shape index (κ1) is 10.8. The molecule has 1 aromatic heterocycles. The third-order valence-electron chi connectivity index (χ3n) is 3.50. The van der Waals surface area contributed by atoms with Crippen molar-refractivity contribution in [1.82, 2.24) is 14.8 Å². The second-order valence-corrected chi connectivity index (χ2v) is 5.17. The minimum Gasteiger partial charge on any atom is -0.379 e. The summed E-state index contributed by atoms with van der Waals surface area (Å²) >= 11 is 0. The lowest BCUT2D eigenvalue weighted by atomic mass is 9.83. The van der Waals surface area contributed by atoms with Crippen LogP contribution >= 0.6 is 0 Å². The van der Waals surface area contributed by atoms with Gasteiger partial charge in [-0.3, -0.25) is 4.79 Å². The summed E-state index contributed by atoms with van der Waals surface area (Å²) < 4.78 is 20.1. The van der Waals surface area contributed by atoms with Gasteiger partial charge in [-0.1, -0.05) is 0 Å². The predicted molar refractivity (Wildman–Crippen MR) is 56.5 cm³/mol. The van der Waals surface area contributed by atoms with Crippen LogP contribution in [0, 0.1) is 5.41 Å². The summed E-state index contributed by atoms with van der Waals surface area (Å²) in [5.74, 6) is 0.259. The van der Waals surface area contributed by atoms with E-state index in [1.807, 2.05) is 13.8 Å². The van der Waals surface area contributed by atoms with Crippen molar-refractivity contribution in [2.45, 2.75) is 32.5 Å². The van der Waals surface area contributed by atoms with Crippen LogP contribution in [0.2, 0.25) is 0 Å². The molecule has 0 radical (unpaired) electrons. The van der Waals surface area contributed by atoms with E-state index in [1.165, 1.54) is 4.68 Å². The van der Waals surface area contributed by atoms with Crippen molar-refractivity contribution in [3.05, 3.63) is 11.6 Å². The number of ketones is 1. The van der Waals surface area contributed by atoms with Crippen molar-refractivity contribution in [3.8, 4) is 0 Å². The average molecular weight is 239 g/mol. The number of carbonyl (C=O) groups excluding carboxylic acids is 1. The van der Waals surface area contributed by atoms with Crippen LogP contribution in [-0.4, -0.2) is 33.8 Å². The molecule has 1 saturated heterocycles. The highest BCUT2D eigenvalue weighted by Gasteiger charge is 2.44. The Labute approximate surface area is 98.0 Å². The lowest BCUT2D eigenvalue weighted by Crippen LogP contribution is -2.46. The van der Waals surface area contributed by atoms with E-state index in [0.717, 1.165) is 0 Å². The number of halogens is 1. The minimum atomic E-state index is -1.11. The summed E-state index contributed by atoms with van der Waals surface area (Å²) in [4.78, 5) is 16.2. The van der Waals surface area contributed by atoms with E-state index in [9.17, 15) is 9.18 Å². The van der Waals surface area contributed by atoms with E-state index in [0.29, 0.717) is 19.6 Å². The maximum absolute atomic E-state index is 13.6. The Balaban J connectivity index is 1.93. The van der Waals surface area contributed by atoms with Gasteiger partial charge in [0, 0.05) is 6.42 Å². The van der Waals surface area contributed by atoms with E-state index in [-0.39, 0.29) is 23.5 Å². The van der Waals surface area contributed by atoms with Crippen LogP contribution in [-0.2, 0) is 4.74 Å². The number of hydrogen-bond acceptors (Lipinski definition) is 4. The van der Waals surface area contributed by atoms with Crippen LogP contribution in [0.1, 0.15) is 48.9 Å². The van der Waals surface area contributed by atoms with Crippen LogP contribution in [0.4, 0.5) is 4.39 Å².